The summed E-state index contributed by atoms with van der Waals surface area (Å²) >= 11 is 0. The van der Waals surface area contributed by atoms with Crippen LogP contribution in [0.25, 0.3) is 10.4 Å². The van der Waals surface area contributed by atoms with E-state index in [9.17, 15) is 30.0 Å². The Hall–Kier alpha value is -3.19. The van der Waals surface area contributed by atoms with Gasteiger partial charge in [-0.1, -0.05) is 5.11 Å². The van der Waals surface area contributed by atoms with Gasteiger partial charge >= 0.3 is 0 Å². The van der Waals surface area contributed by atoms with E-state index in [-0.39, 0.29) is 94.8 Å². The minimum atomic E-state index is -4.31. The Kier molecular flexibility index (Phi) is 32.3. The largest absolute Gasteiger partial charge is 0.489 e. The predicted octanol–water partition coefficient (Wildman–Crippen LogP) is 0.830. The van der Waals surface area contributed by atoms with E-state index in [2.05, 4.69) is 15.3 Å². The molecule has 1 aromatic rings. The summed E-state index contributed by atoms with van der Waals surface area (Å²) in [4.78, 5) is 15.7. The maximum Gasteiger partial charge on any atom is 0.264 e. The van der Waals surface area contributed by atoms with Crippen LogP contribution in [0.3, 0.4) is 0 Å². The van der Waals surface area contributed by atoms with Gasteiger partial charge in [-0.25, -0.2) is 0 Å². The molecule has 0 saturated carbocycles. The first-order valence-electron chi connectivity index (χ1n) is 19.4. The number of azide groups is 1. The third kappa shape index (κ3) is 35.3. The lowest BCUT2D eigenvalue weighted by atomic mass is 10.1. The molecule has 360 valence electrons. The number of nitrogens with zero attached hydrogens (tertiary/aromatic N) is 3. The summed E-state index contributed by atoms with van der Waals surface area (Å²) in [5, 5.41) is 6.01. The molecule has 1 rings (SSSR count). The molecule has 0 bridgehead atoms. The van der Waals surface area contributed by atoms with Crippen LogP contribution in [0.5, 0.6) is 17.2 Å². The van der Waals surface area contributed by atoms with Gasteiger partial charge in [0.2, 0.25) is 5.75 Å². The molecule has 62 heavy (non-hydrogen) atoms. The molecular formula is C34H60N4O21S3. The molecule has 0 saturated heterocycles. The fourth-order valence-electron chi connectivity index (χ4n) is 4.46. The number of nitrogens with one attached hydrogen (secondary N) is 1. The van der Waals surface area contributed by atoms with Gasteiger partial charge in [-0.3, -0.25) is 18.5 Å². The van der Waals surface area contributed by atoms with Gasteiger partial charge in [0.25, 0.3) is 36.3 Å². The standard InChI is InChI=1S/C34H60N4O21S3/c35-38-37-5-10-50-12-14-52-16-18-54-20-22-56-24-23-55-21-19-53-17-15-51-13-11-49-9-4-36-34(39)30-28-31(57-6-1-25-60(40,41)42)33(59-8-3-27-62(46,47)48)32(29-30)58-7-2-26-61(43,44)45/h28-29H,1-27H2,(H,36,39)(H,40,41,42)(H,43,44,45)(H,46,47,48). The van der Waals surface area contributed by atoms with Crippen LogP contribution in [0, 0.1) is 0 Å². The Morgan fingerprint density at radius 3 is 1.18 bits per heavy atom. The van der Waals surface area contributed by atoms with E-state index in [4.69, 9.17) is 71.3 Å². The van der Waals surface area contributed by atoms with Crippen molar-refractivity contribution in [1.82, 2.24) is 5.32 Å². The van der Waals surface area contributed by atoms with Crippen LogP contribution >= 0.6 is 0 Å². The third-order valence-corrected chi connectivity index (χ3v) is 9.63. The summed E-state index contributed by atoms with van der Waals surface area (Å²) < 4.78 is 154. The topological polar surface area (TPSA) is 342 Å². The van der Waals surface area contributed by atoms with Gasteiger partial charge < -0.3 is 57.4 Å². The predicted molar refractivity (Wildman–Crippen MR) is 219 cm³/mol. The SMILES string of the molecule is [N-]=[N+]=NCCOCCOCCOCCOCCOCCOCCOCCOCCNC(=O)c1cc(OCCCS(=O)(=O)O)c(OCCCS(=O)(=O)O)c(OCCCS(=O)(=O)O)c1. The Bertz CT molecular complexity index is 1670. The Morgan fingerprint density at radius 2 is 0.839 bits per heavy atom. The lowest BCUT2D eigenvalue weighted by molar-refractivity contribution is -0.0228. The quantitative estimate of drug-likeness (QED) is 0.0231. The van der Waals surface area contributed by atoms with E-state index < -0.39 is 53.5 Å². The maximum absolute atomic E-state index is 13.1. The van der Waals surface area contributed by atoms with E-state index in [1.165, 1.54) is 12.1 Å². The van der Waals surface area contributed by atoms with Gasteiger partial charge in [0.1, 0.15) is 0 Å². The van der Waals surface area contributed by atoms with Gasteiger partial charge in [0.15, 0.2) is 11.5 Å². The number of carbonyl (C=O) groups excluding carboxylic acids is 1. The fourth-order valence-corrected chi connectivity index (χ4v) is 5.91. The number of ether oxygens (including phenoxy) is 11. The van der Waals surface area contributed by atoms with E-state index in [0.717, 1.165) is 0 Å². The first kappa shape index (κ1) is 56.8. The first-order valence-corrected chi connectivity index (χ1v) is 24.3. The van der Waals surface area contributed by atoms with E-state index in [0.29, 0.717) is 85.9 Å². The maximum atomic E-state index is 13.1. The minimum Gasteiger partial charge on any atom is -0.489 e. The molecule has 0 aliphatic carbocycles. The van der Waals surface area contributed by atoms with E-state index in [1.807, 2.05) is 0 Å². The van der Waals surface area contributed by atoms with Crippen molar-refractivity contribution >= 4 is 36.3 Å². The smallest absolute Gasteiger partial charge is 0.264 e. The molecule has 4 N–H and O–H groups in total. The summed E-state index contributed by atoms with van der Waals surface area (Å²) in [6.45, 7) is 5.26. The lowest BCUT2D eigenvalue weighted by Gasteiger charge is -2.19. The van der Waals surface area contributed by atoms with Gasteiger partial charge in [0.05, 0.1) is 143 Å². The average Bonchev–Trinajstić information content (AvgIpc) is 3.20. The van der Waals surface area contributed by atoms with Crippen molar-refractivity contribution in [2.75, 3.05) is 156 Å². The molecule has 1 aromatic carbocycles. The molecule has 25 nitrogen and oxygen atoms in total. The summed E-state index contributed by atoms with van der Waals surface area (Å²) in [6.07, 6.45) is -0.498. The summed E-state index contributed by atoms with van der Waals surface area (Å²) in [5.74, 6) is -2.92. The number of hydrogen-bond acceptors (Lipinski definition) is 19. The molecule has 28 heteroatoms. The Labute approximate surface area is 362 Å². The average molecular weight is 957 g/mol. The van der Waals surface area contributed by atoms with Crippen LogP contribution in [0.15, 0.2) is 17.2 Å². The van der Waals surface area contributed by atoms with Crippen molar-refractivity contribution in [2.45, 2.75) is 19.3 Å². The molecule has 0 radical (unpaired) electrons. The highest BCUT2D eigenvalue weighted by Gasteiger charge is 2.20. The monoisotopic (exact) mass is 956 g/mol. The molecule has 0 aliphatic rings. The summed E-state index contributed by atoms with van der Waals surface area (Å²) in [7, 11) is -12.9. The van der Waals surface area contributed by atoms with Crippen molar-refractivity contribution in [3.63, 3.8) is 0 Å². The van der Waals surface area contributed by atoms with Gasteiger partial charge in [-0.05, 0) is 36.9 Å². The van der Waals surface area contributed by atoms with Crippen LogP contribution < -0.4 is 19.5 Å². The zero-order valence-electron chi connectivity index (χ0n) is 34.5. The number of hydrogen-bond donors (Lipinski definition) is 4. The van der Waals surface area contributed by atoms with Crippen LogP contribution in [0.1, 0.15) is 29.6 Å². The minimum absolute atomic E-state index is 0.0207. The summed E-state index contributed by atoms with van der Waals surface area (Å²) in [5.41, 5.74) is 8.14. The second kappa shape index (κ2) is 35.2. The second-order valence-electron chi connectivity index (χ2n) is 12.4. The van der Waals surface area contributed by atoms with Crippen LogP contribution in [-0.2, 0) is 68.2 Å². The van der Waals surface area contributed by atoms with Crippen molar-refractivity contribution in [1.29, 1.82) is 0 Å². The molecule has 0 atom stereocenters. The zero-order valence-corrected chi connectivity index (χ0v) is 37.0. The molecule has 1 amide bonds. The molecule has 0 aromatic heterocycles. The molecule has 0 aliphatic heterocycles. The molecular weight excluding hydrogens is 897 g/mol. The van der Waals surface area contributed by atoms with Crippen LogP contribution in [-0.4, -0.2) is 201 Å². The molecule has 0 fully saturated rings. The molecule has 0 spiro atoms. The number of amides is 1. The van der Waals surface area contributed by atoms with Crippen molar-refractivity contribution in [2.24, 2.45) is 5.11 Å². The van der Waals surface area contributed by atoms with Crippen LogP contribution in [0.2, 0.25) is 0 Å². The van der Waals surface area contributed by atoms with Crippen molar-refractivity contribution in [3.8, 4) is 17.2 Å². The summed E-state index contributed by atoms with van der Waals surface area (Å²) in [6, 6.07) is 2.50. The normalized spacial score (nSPS) is 11.9. The Morgan fingerprint density at radius 1 is 0.516 bits per heavy atom. The van der Waals surface area contributed by atoms with E-state index >= 15 is 0 Å². The highest BCUT2D eigenvalue weighted by Crippen LogP contribution is 2.39. The van der Waals surface area contributed by atoms with Gasteiger partial charge in [-0.2, -0.15) is 25.3 Å². The van der Waals surface area contributed by atoms with Gasteiger partial charge in [-0.15, -0.1) is 0 Å². The molecule has 0 heterocycles. The lowest BCUT2D eigenvalue weighted by Crippen LogP contribution is -2.28. The fraction of sp³-hybridized carbons (Fsp3) is 0.794. The molecule has 0 unspecified atom stereocenters. The first-order chi connectivity index (χ1) is 29.6. The zero-order chi connectivity index (χ0) is 45.8. The van der Waals surface area contributed by atoms with Crippen LogP contribution in [0.4, 0.5) is 0 Å². The highest BCUT2D eigenvalue weighted by molar-refractivity contribution is 7.86. The van der Waals surface area contributed by atoms with Crippen molar-refractivity contribution in [3.05, 3.63) is 28.1 Å². The van der Waals surface area contributed by atoms with E-state index in [1.54, 1.807) is 0 Å². The third-order valence-electron chi connectivity index (χ3n) is 7.22. The number of carbonyl (C=O) groups is 1. The number of rotatable bonds is 43. The highest BCUT2D eigenvalue weighted by atomic mass is 32.2. The van der Waals surface area contributed by atoms with Crippen molar-refractivity contribution < 1.29 is 95.8 Å². The van der Waals surface area contributed by atoms with Gasteiger partial charge in [0, 0.05) is 23.6 Å². The second-order valence-corrected chi connectivity index (χ2v) is 17.1. The Balaban J connectivity index is 2.34. The number of benzene rings is 1.